The Hall–Kier alpha value is -5.36. The van der Waals surface area contributed by atoms with E-state index in [1.165, 1.54) is 0 Å². The van der Waals surface area contributed by atoms with Gasteiger partial charge in [-0.15, -0.1) is 0 Å². The molecule has 0 saturated carbocycles. The van der Waals surface area contributed by atoms with Crippen LogP contribution < -0.4 is 0 Å². The molecule has 6 nitrogen and oxygen atoms in total. The van der Waals surface area contributed by atoms with Gasteiger partial charge in [0.1, 0.15) is 0 Å². The first-order valence-corrected chi connectivity index (χ1v) is 15.5. The molecule has 0 fully saturated rings. The third-order valence-electron chi connectivity index (χ3n) is 8.19. The molecule has 0 aliphatic rings. The maximum absolute atomic E-state index is 5.12. The molecule has 0 unspecified atom stereocenters. The number of aliphatic imine (C=N–C) groups is 4. The summed E-state index contributed by atoms with van der Waals surface area (Å²) in [6.45, 7) is 16.5. The minimum atomic E-state index is 0.823. The topological polar surface area (TPSA) is 75.2 Å². The molecule has 5 rings (SSSR count). The average Bonchev–Trinajstić information content (AvgIpc) is 3.08. The number of hydrogen-bond acceptors (Lipinski definition) is 6. The maximum Gasteiger partial charge on any atom is 0.0849 e. The molecular formula is C40H40N6. The minimum absolute atomic E-state index is 0.823. The second kappa shape index (κ2) is 14.2. The lowest BCUT2D eigenvalue weighted by Crippen LogP contribution is -2.06. The van der Waals surface area contributed by atoms with Crippen molar-refractivity contribution in [3.05, 3.63) is 142 Å². The summed E-state index contributed by atoms with van der Waals surface area (Å²) in [5.74, 6) is 0. The maximum atomic E-state index is 5.12. The van der Waals surface area contributed by atoms with E-state index in [-0.39, 0.29) is 0 Å². The van der Waals surface area contributed by atoms with Crippen molar-refractivity contribution < 1.29 is 0 Å². The Kier molecular flexibility index (Phi) is 9.87. The molecule has 230 valence electrons. The van der Waals surface area contributed by atoms with Gasteiger partial charge in [-0.3, -0.25) is 20.0 Å². The largest absolute Gasteiger partial charge is 0.252 e. The van der Waals surface area contributed by atoms with Gasteiger partial charge in [-0.1, -0.05) is 48.5 Å². The summed E-state index contributed by atoms with van der Waals surface area (Å²) in [5.41, 5.74) is 14.8. The molecule has 0 spiro atoms. The van der Waals surface area contributed by atoms with Crippen LogP contribution >= 0.6 is 0 Å². The van der Waals surface area contributed by atoms with Gasteiger partial charge in [0.2, 0.25) is 0 Å². The molecule has 0 N–H and O–H groups in total. The monoisotopic (exact) mass is 604 g/mol. The fourth-order valence-electron chi connectivity index (χ4n) is 5.24. The van der Waals surface area contributed by atoms with Crippen LogP contribution in [-0.4, -0.2) is 32.8 Å². The van der Waals surface area contributed by atoms with E-state index in [1.807, 2.05) is 125 Å². The van der Waals surface area contributed by atoms with E-state index in [4.69, 9.17) is 29.9 Å². The Bertz CT molecular complexity index is 1830. The average molecular weight is 605 g/mol. The van der Waals surface area contributed by atoms with E-state index < -0.39 is 0 Å². The molecule has 2 heterocycles. The second-order valence-corrected chi connectivity index (χ2v) is 11.5. The number of rotatable bonds is 8. The van der Waals surface area contributed by atoms with Gasteiger partial charge in [-0.05, 0) is 126 Å². The van der Waals surface area contributed by atoms with Crippen molar-refractivity contribution in [3.63, 3.8) is 0 Å². The Morgan fingerprint density at radius 3 is 0.957 bits per heavy atom. The third kappa shape index (κ3) is 7.29. The van der Waals surface area contributed by atoms with Crippen molar-refractivity contribution in [2.24, 2.45) is 20.0 Å². The van der Waals surface area contributed by atoms with Crippen molar-refractivity contribution >= 4 is 45.6 Å². The predicted molar refractivity (Wildman–Crippen MR) is 194 cm³/mol. The highest BCUT2D eigenvalue weighted by atomic mass is 14.9. The number of hydrogen-bond donors (Lipinski definition) is 0. The first kappa shape index (κ1) is 32.0. The number of benzene rings is 3. The Morgan fingerprint density at radius 2 is 0.652 bits per heavy atom. The van der Waals surface area contributed by atoms with E-state index in [2.05, 4.69) is 27.7 Å². The minimum Gasteiger partial charge on any atom is -0.252 e. The molecule has 6 heteroatoms. The number of aromatic nitrogens is 2. The summed E-state index contributed by atoms with van der Waals surface area (Å²) >= 11 is 0. The smallest absolute Gasteiger partial charge is 0.0849 e. The number of para-hydroxylation sites is 2. The standard InChI is InChI=1S/C40H40N6/c1-25-26(2)40(44-32(8)38-24-16-22-36(46-38)30(6)42-34-19-13-10-14-20-34)28(4)27(3)39(25)43-31(7)37-23-15-21-35(45-37)29(5)41-33-17-11-9-12-18-33/h9-24H,1-8H3. The van der Waals surface area contributed by atoms with E-state index in [1.54, 1.807) is 0 Å². The third-order valence-corrected chi connectivity index (χ3v) is 8.19. The van der Waals surface area contributed by atoms with Gasteiger partial charge in [0, 0.05) is 0 Å². The second-order valence-electron chi connectivity index (χ2n) is 11.5. The van der Waals surface area contributed by atoms with Gasteiger partial charge in [0.05, 0.1) is 68.4 Å². The normalized spacial score (nSPS) is 12.9. The van der Waals surface area contributed by atoms with Crippen LogP contribution in [0.1, 0.15) is 72.7 Å². The Labute approximate surface area is 272 Å². The summed E-state index contributed by atoms with van der Waals surface area (Å²) in [4.78, 5) is 29.5. The van der Waals surface area contributed by atoms with Crippen LogP contribution in [0, 0.1) is 27.7 Å². The summed E-state index contributed by atoms with van der Waals surface area (Å²) in [7, 11) is 0. The van der Waals surface area contributed by atoms with Crippen LogP contribution in [0.3, 0.4) is 0 Å². The molecular weight excluding hydrogens is 564 g/mol. The molecule has 0 aliphatic heterocycles. The number of pyridine rings is 2. The molecule has 0 atom stereocenters. The molecule has 0 saturated heterocycles. The highest BCUT2D eigenvalue weighted by Gasteiger charge is 2.16. The van der Waals surface area contributed by atoms with Gasteiger partial charge in [0.25, 0.3) is 0 Å². The summed E-state index contributed by atoms with van der Waals surface area (Å²) in [6.07, 6.45) is 0. The van der Waals surface area contributed by atoms with Crippen LogP contribution in [0.4, 0.5) is 22.7 Å². The van der Waals surface area contributed by atoms with Gasteiger partial charge < -0.3 is 0 Å². The SMILES string of the molecule is CC(=Nc1ccccc1)c1cccc(C(C)=Nc2c(C)c(C)c(N=C(C)c3cccc(C(C)=Nc4ccccc4)n3)c(C)c2C)n1. The lowest BCUT2D eigenvalue weighted by atomic mass is 9.96. The summed E-state index contributed by atoms with van der Waals surface area (Å²) in [5, 5.41) is 0. The highest BCUT2D eigenvalue weighted by Crippen LogP contribution is 2.38. The first-order chi connectivity index (χ1) is 22.1. The number of nitrogens with zero attached hydrogens (tertiary/aromatic N) is 6. The highest BCUT2D eigenvalue weighted by molar-refractivity contribution is 6.04. The van der Waals surface area contributed by atoms with E-state index >= 15 is 0 Å². The van der Waals surface area contributed by atoms with Crippen molar-refractivity contribution in [2.45, 2.75) is 55.4 Å². The van der Waals surface area contributed by atoms with Gasteiger partial charge in [0.15, 0.2) is 0 Å². The zero-order valence-electron chi connectivity index (χ0n) is 27.9. The van der Waals surface area contributed by atoms with E-state index in [0.29, 0.717) is 0 Å². The van der Waals surface area contributed by atoms with Crippen molar-refractivity contribution in [1.82, 2.24) is 9.97 Å². The fourth-order valence-corrected chi connectivity index (χ4v) is 5.24. The predicted octanol–water partition coefficient (Wildman–Crippen LogP) is 10.3. The van der Waals surface area contributed by atoms with Crippen molar-refractivity contribution in [1.29, 1.82) is 0 Å². The van der Waals surface area contributed by atoms with Crippen LogP contribution in [0.2, 0.25) is 0 Å². The van der Waals surface area contributed by atoms with Gasteiger partial charge >= 0.3 is 0 Å². The Morgan fingerprint density at radius 1 is 0.370 bits per heavy atom. The first-order valence-electron chi connectivity index (χ1n) is 15.5. The Balaban J connectivity index is 1.45. The lowest BCUT2D eigenvalue weighted by molar-refractivity contribution is 1.18. The quantitative estimate of drug-likeness (QED) is 0.165. The molecule has 3 aromatic carbocycles. The van der Waals surface area contributed by atoms with Crippen LogP contribution in [-0.2, 0) is 0 Å². The molecule has 2 aromatic heterocycles. The fraction of sp³-hybridized carbons (Fsp3) is 0.200. The van der Waals surface area contributed by atoms with Gasteiger partial charge in [-0.2, -0.15) is 0 Å². The van der Waals surface area contributed by atoms with Crippen LogP contribution in [0.25, 0.3) is 0 Å². The van der Waals surface area contributed by atoms with E-state index in [9.17, 15) is 0 Å². The zero-order valence-corrected chi connectivity index (χ0v) is 27.9. The van der Waals surface area contributed by atoms with Gasteiger partial charge in [-0.25, -0.2) is 9.97 Å². The van der Waals surface area contributed by atoms with Crippen LogP contribution in [0.15, 0.2) is 117 Å². The molecule has 0 amide bonds. The van der Waals surface area contributed by atoms with Crippen LogP contribution in [0.5, 0.6) is 0 Å². The lowest BCUT2D eigenvalue weighted by Gasteiger charge is -2.17. The zero-order chi connectivity index (χ0) is 32.8. The molecule has 0 bridgehead atoms. The molecule has 46 heavy (non-hydrogen) atoms. The molecule has 0 aliphatic carbocycles. The van der Waals surface area contributed by atoms with E-state index in [0.717, 1.165) is 90.6 Å². The van der Waals surface area contributed by atoms with Crippen molar-refractivity contribution in [3.8, 4) is 0 Å². The summed E-state index contributed by atoms with van der Waals surface area (Å²) < 4.78 is 0. The molecule has 5 aromatic rings. The molecule has 0 radical (unpaired) electrons. The van der Waals surface area contributed by atoms with Crippen molar-refractivity contribution in [2.75, 3.05) is 0 Å². The summed E-state index contributed by atoms with van der Waals surface area (Å²) in [6, 6.07) is 31.9.